The van der Waals surface area contributed by atoms with Crippen LogP contribution in [0, 0.1) is 11.3 Å². The van der Waals surface area contributed by atoms with Crippen LogP contribution in [0.1, 0.15) is 33.6 Å². The number of aromatic nitrogens is 3. The van der Waals surface area contributed by atoms with Crippen LogP contribution in [0.2, 0.25) is 0 Å². The first-order valence-corrected chi connectivity index (χ1v) is 7.30. The lowest BCUT2D eigenvalue weighted by Crippen LogP contribution is -2.34. The lowest BCUT2D eigenvalue weighted by atomic mass is 10.3. The molecule has 0 saturated heterocycles. The third kappa shape index (κ3) is 5.06. The second-order valence-corrected chi connectivity index (χ2v) is 5.28. The van der Waals surface area contributed by atoms with Gasteiger partial charge in [0, 0.05) is 33.2 Å². The van der Waals surface area contributed by atoms with Crippen molar-refractivity contribution < 1.29 is 0 Å². The zero-order chi connectivity index (χ0) is 15.8. The molecule has 1 aromatic rings. The van der Waals surface area contributed by atoms with E-state index in [1.807, 2.05) is 23.9 Å². The average Bonchev–Trinajstić information content (AvgIpc) is 2.45. The highest BCUT2D eigenvalue weighted by Crippen LogP contribution is 2.17. The summed E-state index contributed by atoms with van der Waals surface area (Å²) in [5.74, 6) is 1.80. The topological polar surface area (TPSA) is 81.0 Å². The van der Waals surface area contributed by atoms with Gasteiger partial charge in [-0.25, -0.2) is 0 Å². The summed E-state index contributed by atoms with van der Waals surface area (Å²) < 4.78 is 0. The monoisotopic (exact) mass is 291 g/mol. The molecule has 1 rings (SSSR count). The van der Waals surface area contributed by atoms with Crippen molar-refractivity contribution in [2.75, 3.05) is 42.3 Å². The molecular weight excluding hydrogens is 266 g/mol. The number of nitrogens with zero attached hydrogens (tertiary/aromatic N) is 6. The Morgan fingerprint density at radius 2 is 1.86 bits per heavy atom. The summed E-state index contributed by atoms with van der Waals surface area (Å²) in [4.78, 5) is 17.2. The minimum atomic E-state index is 0.217. The van der Waals surface area contributed by atoms with Gasteiger partial charge in [0.1, 0.15) is 0 Å². The Labute approximate surface area is 127 Å². The van der Waals surface area contributed by atoms with E-state index in [1.54, 1.807) is 0 Å². The van der Waals surface area contributed by atoms with Gasteiger partial charge in [0.25, 0.3) is 0 Å². The SMILES string of the molecule is CCCNc1nc(N(C)C)nc(N(CCC#N)C(C)C)n1. The van der Waals surface area contributed by atoms with E-state index < -0.39 is 0 Å². The maximum atomic E-state index is 8.81. The summed E-state index contributed by atoms with van der Waals surface area (Å²) in [5, 5.41) is 12.0. The quantitative estimate of drug-likeness (QED) is 0.783. The van der Waals surface area contributed by atoms with Gasteiger partial charge in [-0.15, -0.1) is 0 Å². The Bertz CT molecular complexity index is 479. The second kappa shape index (κ2) is 8.25. The molecule has 0 atom stereocenters. The average molecular weight is 291 g/mol. The fraction of sp³-hybridized carbons (Fsp3) is 0.714. The molecule has 7 heteroatoms. The highest BCUT2D eigenvalue weighted by Gasteiger charge is 2.16. The molecule has 0 bridgehead atoms. The molecule has 21 heavy (non-hydrogen) atoms. The number of hydrogen-bond acceptors (Lipinski definition) is 7. The van der Waals surface area contributed by atoms with Crippen LogP contribution in [0.15, 0.2) is 0 Å². The van der Waals surface area contributed by atoms with E-state index in [0.717, 1.165) is 13.0 Å². The fourth-order valence-corrected chi connectivity index (χ4v) is 1.76. The Morgan fingerprint density at radius 1 is 1.19 bits per heavy atom. The van der Waals surface area contributed by atoms with Crippen molar-refractivity contribution in [2.24, 2.45) is 0 Å². The van der Waals surface area contributed by atoms with Crippen molar-refractivity contribution in [1.29, 1.82) is 5.26 Å². The number of rotatable bonds is 8. The molecule has 0 fully saturated rings. The summed E-state index contributed by atoms with van der Waals surface area (Å²) in [6.45, 7) is 7.65. The molecule has 0 spiro atoms. The summed E-state index contributed by atoms with van der Waals surface area (Å²) in [6.07, 6.45) is 1.44. The molecule has 0 aliphatic heterocycles. The molecule has 0 radical (unpaired) electrons. The largest absolute Gasteiger partial charge is 0.354 e. The van der Waals surface area contributed by atoms with Crippen molar-refractivity contribution in [3.05, 3.63) is 0 Å². The van der Waals surface area contributed by atoms with Gasteiger partial charge in [0.15, 0.2) is 0 Å². The Kier molecular flexibility index (Phi) is 6.66. The summed E-state index contributed by atoms with van der Waals surface area (Å²) >= 11 is 0. The van der Waals surface area contributed by atoms with Gasteiger partial charge in [0.2, 0.25) is 17.8 Å². The first-order chi connectivity index (χ1) is 9.99. The molecule has 0 amide bonds. The Morgan fingerprint density at radius 3 is 2.38 bits per heavy atom. The van der Waals surface area contributed by atoms with E-state index in [2.05, 4.69) is 47.1 Å². The minimum absolute atomic E-state index is 0.217. The van der Waals surface area contributed by atoms with Crippen molar-refractivity contribution >= 4 is 17.8 Å². The summed E-state index contributed by atoms with van der Waals surface area (Å²) in [5.41, 5.74) is 0. The second-order valence-electron chi connectivity index (χ2n) is 5.28. The standard InChI is InChI=1S/C14H25N7/c1-6-9-16-12-17-13(20(4)5)19-14(18-12)21(11(2)3)10-7-8-15/h11H,6-7,9-10H2,1-5H3,(H,16,17,18,19). The van der Waals surface area contributed by atoms with Crippen LogP contribution in [0.3, 0.4) is 0 Å². The van der Waals surface area contributed by atoms with Crippen molar-refractivity contribution in [3.63, 3.8) is 0 Å². The molecule has 1 heterocycles. The molecule has 1 N–H and O–H groups in total. The number of hydrogen-bond donors (Lipinski definition) is 1. The van der Waals surface area contributed by atoms with E-state index >= 15 is 0 Å². The van der Waals surface area contributed by atoms with E-state index in [4.69, 9.17) is 5.26 Å². The van der Waals surface area contributed by atoms with Crippen LogP contribution in [-0.4, -0.2) is 48.2 Å². The van der Waals surface area contributed by atoms with E-state index in [9.17, 15) is 0 Å². The van der Waals surface area contributed by atoms with Crippen LogP contribution in [0.4, 0.5) is 17.8 Å². The van der Waals surface area contributed by atoms with Gasteiger partial charge < -0.3 is 15.1 Å². The van der Waals surface area contributed by atoms with Crippen molar-refractivity contribution in [1.82, 2.24) is 15.0 Å². The molecule has 0 aliphatic carbocycles. The van der Waals surface area contributed by atoms with Crippen molar-refractivity contribution in [2.45, 2.75) is 39.7 Å². The molecule has 0 aliphatic rings. The number of nitriles is 1. The normalized spacial score (nSPS) is 10.3. The Hall–Kier alpha value is -2.10. The van der Waals surface area contributed by atoms with E-state index in [-0.39, 0.29) is 6.04 Å². The van der Waals surface area contributed by atoms with Gasteiger partial charge in [-0.05, 0) is 20.3 Å². The first-order valence-electron chi connectivity index (χ1n) is 7.30. The summed E-state index contributed by atoms with van der Waals surface area (Å²) in [7, 11) is 3.80. The summed E-state index contributed by atoms with van der Waals surface area (Å²) in [6, 6.07) is 2.39. The predicted octanol–water partition coefficient (Wildman–Crippen LogP) is 1.89. The number of anilines is 3. The van der Waals surface area contributed by atoms with Gasteiger partial charge in [-0.1, -0.05) is 6.92 Å². The molecule has 0 saturated carbocycles. The zero-order valence-electron chi connectivity index (χ0n) is 13.6. The lowest BCUT2D eigenvalue weighted by molar-refractivity contribution is 0.662. The predicted molar refractivity (Wildman–Crippen MR) is 85.6 cm³/mol. The van der Waals surface area contributed by atoms with Gasteiger partial charge in [-0.2, -0.15) is 20.2 Å². The highest BCUT2D eigenvalue weighted by molar-refractivity contribution is 5.45. The van der Waals surface area contributed by atoms with Crippen molar-refractivity contribution in [3.8, 4) is 6.07 Å². The minimum Gasteiger partial charge on any atom is -0.354 e. The molecule has 1 aromatic heterocycles. The molecule has 0 aromatic carbocycles. The maximum absolute atomic E-state index is 8.81. The molecule has 7 nitrogen and oxygen atoms in total. The van der Waals surface area contributed by atoms with Crippen LogP contribution in [-0.2, 0) is 0 Å². The molecule has 116 valence electrons. The molecular formula is C14H25N7. The van der Waals surface area contributed by atoms with Gasteiger partial charge >= 0.3 is 0 Å². The van der Waals surface area contributed by atoms with E-state index in [1.165, 1.54) is 0 Å². The zero-order valence-corrected chi connectivity index (χ0v) is 13.6. The van der Waals surface area contributed by atoms with Gasteiger partial charge in [-0.3, -0.25) is 0 Å². The Balaban J connectivity index is 3.12. The smallest absolute Gasteiger partial charge is 0.232 e. The first kappa shape index (κ1) is 17.0. The van der Waals surface area contributed by atoms with Crippen LogP contribution in [0.5, 0.6) is 0 Å². The third-order valence-corrected chi connectivity index (χ3v) is 2.89. The fourth-order valence-electron chi connectivity index (χ4n) is 1.76. The van der Waals surface area contributed by atoms with Crippen LogP contribution in [0.25, 0.3) is 0 Å². The number of nitrogens with one attached hydrogen (secondary N) is 1. The third-order valence-electron chi connectivity index (χ3n) is 2.89. The maximum Gasteiger partial charge on any atom is 0.232 e. The lowest BCUT2D eigenvalue weighted by Gasteiger charge is -2.26. The molecule has 0 unspecified atom stereocenters. The van der Waals surface area contributed by atoms with Crippen LogP contribution < -0.4 is 15.1 Å². The highest BCUT2D eigenvalue weighted by atomic mass is 15.4. The van der Waals surface area contributed by atoms with Crippen LogP contribution >= 0.6 is 0 Å². The van der Waals surface area contributed by atoms with Gasteiger partial charge in [0.05, 0.1) is 12.5 Å². The van der Waals surface area contributed by atoms with E-state index in [0.29, 0.717) is 30.8 Å².